The van der Waals surface area contributed by atoms with Gasteiger partial charge in [0.1, 0.15) is 18.2 Å². The zero-order valence-corrected chi connectivity index (χ0v) is 24.5. The fraction of sp³-hybridized carbons (Fsp3) is 0.750. The molecule has 1 aliphatic heterocycles. The normalized spacial score (nSPS) is 22.4. The molecule has 5 atom stereocenters. The van der Waals surface area contributed by atoms with Crippen LogP contribution in [0.4, 0.5) is 8.78 Å². The molecule has 228 valence electrons. The van der Waals surface area contributed by atoms with Crippen molar-refractivity contribution in [3.05, 3.63) is 28.4 Å². The first-order chi connectivity index (χ1) is 18.5. The highest BCUT2D eigenvalue weighted by molar-refractivity contribution is 7.54. The summed E-state index contributed by atoms with van der Waals surface area (Å²) in [6.45, 7) is 7.85. The van der Waals surface area contributed by atoms with Crippen LogP contribution in [0.15, 0.2) is 17.1 Å². The van der Waals surface area contributed by atoms with Crippen molar-refractivity contribution in [2.24, 2.45) is 11.8 Å². The Bertz CT molecular complexity index is 1100. The fourth-order valence-corrected chi connectivity index (χ4v) is 5.94. The summed E-state index contributed by atoms with van der Waals surface area (Å²) in [6, 6.07) is -1.01. The van der Waals surface area contributed by atoms with E-state index in [0.717, 1.165) is 20.4 Å². The minimum atomic E-state index is -4.43. The smallest absolute Gasteiger partial charge is 0.350 e. The number of ether oxygens (including phenoxy) is 3. The Morgan fingerprint density at radius 2 is 1.62 bits per heavy atom. The van der Waals surface area contributed by atoms with Gasteiger partial charge in [0.25, 0.3) is 0 Å². The molecule has 0 amide bonds. The summed E-state index contributed by atoms with van der Waals surface area (Å²) in [6.07, 6.45) is -5.06. The van der Waals surface area contributed by atoms with Crippen molar-refractivity contribution < 1.29 is 46.8 Å². The van der Waals surface area contributed by atoms with Gasteiger partial charge >= 0.3 is 31.2 Å². The van der Waals surface area contributed by atoms with Gasteiger partial charge in [-0.05, 0) is 37.7 Å². The number of nitrogens with one attached hydrogen (secondary N) is 2. The van der Waals surface area contributed by atoms with E-state index in [1.165, 1.54) is 13.0 Å². The predicted octanol–water partition coefficient (Wildman–Crippen LogP) is 1.92. The second-order valence-corrected chi connectivity index (χ2v) is 12.3. The lowest BCUT2D eigenvalue weighted by atomic mass is 10.1. The average Bonchev–Trinajstić information content (AvgIpc) is 3.08. The van der Waals surface area contributed by atoms with Gasteiger partial charge in [0.05, 0.1) is 20.8 Å². The number of esters is 2. The number of hydrogen-bond donors (Lipinski definition) is 3. The van der Waals surface area contributed by atoms with Crippen molar-refractivity contribution in [2.75, 3.05) is 20.8 Å². The lowest BCUT2D eigenvalue weighted by Gasteiger charge is -2.30. The number of aromatic nitrogens is 2. The first-order valence-corrected chi connectivity index (χ1v) is 14.4. The summed E-state index contributed by atoms with van der Waals surface area (Å²) in [4.78, 5) is 40.7. The standard InChI is InChI=1S/C24H39F2N4O9P/c1-13(2)10-16(20(32)36-6)28-40(35,29-17(11-14(3)4)21(33)37-7)38-12-18-19(31)24(25,26)22(39-18)30-9-8-15(5)27-23(30)34/h8-9,13-14,16-19,22,31H,10-12H2,1-7H3,(H2,28,29,35)/t16-,17-,18+,19+,22+/m0/s1. The van der Waals surface area contributed by atoms with Crippen LogP contribution in [0.3, 0.4) is 0 Å². The molecule has 1 aromatic rings. The number of rotatable bonds is 14. The van der Waals surface area contributed by atoms with Gasteiger partial charge in [0.15, 0.2) is 6.10 Å². The predicted molar refractivity (Wildman–Crippen MR) is 138 cm³/mol. The van der Waals surface area contributed by atoms with Crippen LogP contribution in [-0.2, 0) is 32.9 Å². The maximum atomic E-state index is 15.0. The molecule has 1 fully saturated rings. The molecule has 0 aromatic carbocycles. The summed E-state index contributed by atoms with van der Waals surface area (Å²) in [5.74, 6) is -5.63. The van der Waals surface area contributed by atoms with Crippen molar-refractivity contribution >= 4 is 19.6 Å². The lowest BCUT2D eigenvalue weighted by molar-refractivity contribution is -0.143. The van der Waals surface area contributed by atoms with Gasteiger partial charge in [-0.25, -0.2) is 15.0 Å². The number of aryl methyl sites for hydroxylation is 1. The number of hydrogen-bond acceptors (Lipinski definition) is 10. The van der Waals surface area contributed by atoms with Crippen molar-refractivity contribution in [3.63, 3.8) is 0 Å². The van der Waals surface area contributed by atoms with Crippen LogP contribution in [0.5, 0.6) is 0 Å². The van der Waals surface area contributed by atoms with Gasteiger partial charge in [0, 0.05) is 11.9 Å². The van der Waals surface area contributed by atoms with Crippen LogP contribution in [0, 0.1) is 18.8 Å². The Morgan fingerprint density at radius 3 is 2.05 bits per heavy atom. The highest BCUT2D eigenvalue weighted by Crippen LogP contribution is 2.45. The molecule has 2 heterocycles. The molecule has 0 unspecified atom stereocenters. The van der Waals surface area contributed by atoms with Crippen LogP contribution < -0.4 is 15.9 Å². The maximum absolute atomic E-state index is 15.0. The van der Waals surface area contributed by atoms with Crippen LogP contribution in [0.2, 0.25) is 0 Å². The monoisotopic (exact) mass is 596 g/mol. The Labute approximate surface area is 231 Å². The van der Waals surface area contributed by atoms with E-state index in [9.17, 15) is 24.1 Å². The maximum Gasteiger partial charge on any atom is 0.350 e. The number of aliphatic hydroxyl groups excluding tert-OH is 1. The number of halogens is 2. The zero-order chi connectivity index (χ0) is 30.4. The minimum absolute atomic E-state index is 0.0713. The molecule has 2 rings (SSSR count). The highest BCUT2D eigenvalue weighted by atomic mass is 31.2. The van der Waals surface area contributed by atoms with Gasteiger partial charge in [-0.2, -0.15) is 13.8 Å². The Morgan fingerprint density at radius 1 is 1.12 bits per heavy atom. The van der Waals surface area contributed by atoms with Crippen LogP contribution >= 0.6 is 7.67 Å². The molecular formula is C24H39F2N4O9P. The van der Waals surface area contributed by atoms with Gasteiger partial charge in [-0.3, -0.25) is 18.7 Å². The molecule has 16 heteroatoms. The Kier molecular flexibility index (Phi) is 11.9. The molecule has 3 N–H and O–H groups in total. The summed E-state index contributed by atoms with van der Waals surface area (Å²) < 4.78 is 65.0. The van der Waals surface area contributed by atoms with E-state index in [0.29, 0.717) is 10.3 Å². The molecule has 1 aromatic heterocycles. The van der Waals surface area contributed by atoms with Gasteiger partial charge in [-0.15, -0.1) is 0 Å². The summed E-state index contributed by atoms with van der Waals surface area (Å²) in [5, 5.41) is 15.5. The third-order valence-electron chi connectivity index (χ3n) is 6.06. The zero-order valence-electron chi connectivity index (χ0n) is 23.6. The average molecular weight is 597 g/mol. The quantitative estimate of drug-likeness (QED) is 0.211. The van der Waals surface area contributed by atoms with Crippen molar-refractivity contribution in [2.45, 2.75) is 83.9 Å². The fourth-order valence-electron chi connectivity index (χ4n) is 4.11. The molecule has 13 nitrogen and oxygen atoms in total. The lowest BCUT2D eigenvalue weighted by Crippen LogP contribution is -2.46. The number of methoxy groups -OCH3 is 2. The largest absolute Gasteiger partial charge is 0.468 e. The second kappa shape index (κ2) is 14.1. The Balaban J connectivity index is 2.38. The van der Waals surface area contributed by atoms with E-state index in [-0.39, 0.29) is 24.7 Å². The molecule has 40 heavy (non-hydrogen) atoms. The molecular weight excluding hydrogens is 557 g/mol. The minimum Gasteiger partial charge on any atom is -0.468 e. The van der Waals surface area contributed by atoms with E-state index < -0.39 is 68.3 Å². The third kappa shape index (κ3) is 8.60. The highest BCUT2D eigenvalue weighted by Gasteiger charge is 2.60. The van der Waals surface area contributed by atoms with E-state index in [4.69, 9.17) is 18.7 Å². The molecule has 0 saturated carbocycles. The molecule has 0 radical (unpaired) electrons. The second-order valence-electron chi connectivity index (χ2n) is 10.4. The van der Waals surface area contributed by atoms with Crippen molar-refractivity contribution in [3.8, 4) is 0 Å². The number of carbonyl (C=O) groups excluding carboxylic acids is 2. The summed E-state index contributed by atoms with van der Waals surface area (Å²) in [5.41, 5.74) is -0.721. The van der Waals surface area contributed by atoms with Crippen molar-refractivity contribution in [1.82, 2.24) is 19.7 Å². The van der Waals surface area contributed by atoms with Crippen LogP contribution in [0.1, 0.15) is 52.5 Å². The van der Waals surface area contributed by atoms with E-state index in [1.54, 1.807) is 27.7 Å². The first kappa shape index (κ1) is 33.9. The molecule has 0 bridgehead atoms. The van der Waals surface area contributed by atoms with Gasteiger partial charge < -0.3 is 23.8 Å². The molecule has 0 spiro atoms. The van der Waals surface area contributed by atoms with E-state index in [2.05, 4.69) is 15.2 Å². The van der Waals surface area contributed by atoms with Gasteiger partial charge in [-0.1, -0.05) is 27.7 Å². The molecule has 1 saturated heterocycles. The third-order valence-corrected chi connectivity index (χ3v) is 7.87. The van der Waals surface area contributed by atoms with E-state index in [1.807, 2.05) is 0 Å². The van der Waals surface area contributed by atoms with Crippen molar-refractivity contribution in [1.29, 1.82) is 0 Å². The van der Waals surface area contributed by atoms with Crippen LogP contribution in [0.25, 0.3) is 0 Å². The Hall–Kier alpha value is -2.29. The summed E-state index contributed by atoms with van der Waals surface area (Å²) in [7, 11) is -2.15. The topological polar surface area (TPSA) is 167 Å². The van der Waals surface area contributed by atoms with Crippen LogP contribution in [-0.4, -0.2) is 77.6 Å². The van der Waals surface area contributed by atoms with Gasteiger partial charge in [0.2, 0.25) is 6.23 Å². The first-order valence-electron chi connectivity index (χ1n) is 12.8. The number of alkyl halides is 2. The van der Waals surface area contributed by atoms with E-state index >= 15 is 8.78 Å². The number of carbonyl (C=O) groups is 2. The molecule has 0 aliphatic carbocycles. The number of aliphatic hydroxyl groups is 1. The summed E-state index contributed by atoms with van der Waals surface area (Å²) >= 11 is 0. The molecule has 1 aliphatic rings. The SMILES string of the molecule is COC(=O)[C@H](CC(C)C)NP(=O)(N[C@@H](CC(C)C)C(=O)OC)OC[C@H]1O[C@@H](n2ccc(C)nc2=O)C(F)(F)[C@@H]1O. The number of nitrogens with zero attached hydrogens (tertiary/aromatic N) is 2.